The van der Waals surface area contributed by atoms with Gasteiger partial charge in [-0.2, -0.15) is 0 Å². The van der Waals surface area contributed by atoms with Crippen LogP contribution >= 0.6 is 0 Å². The van der Waals surface area contributed by atoms with Gasteiger partial charge < -0.3 is 9.47 Å². The van der Waals surface area contributed by atoms with Crippen molar-refractivity contribution in [3.63, 3.8) is 0 Å². The molecule has 8 aromatic rings. The van der Waals surface area contributed by atoms with Crippen molar-refractivity contribution in [3.8, 4) is 90.2 Å². The predicted molar refractivity (Wildman–Crippen MR) is 221 cm³/mol. The summed E-state index contributed by atoms with van der Waals surface area (Å²) in [6, 6.07) is 47.3. The molecule has 2 atom stereocenters. The Bertz CT molecular complexity index is 2700. The zero-order valence-electron chi connectivity index (χ0n) is 30.1. The van der Waals surface area contributed by atoms with Gasteiger partial charge in [-0.1, -0.05) is 103 Å². The molecular weight excluding hydrogens is 691 g/mol. The Balaban J connectivity index is 1.17. The van der Waals surface area contributed by atoms with Crippen molar-refractivity contribution in [1.29, 1.82) is 0 Å². The summed E-state index contributed by atoms with van der Waals surface area (Å²) in [5.74, 6) is 2.81. The molecule has 0 bridgehead atoms. The highest BCUT2D eigenvalue weighted by Gasteiger charge is 2.34. The number of pyridine rings is 2. The summed E-state index contributed by atoms with van der Waals surface area (Å²) in [5, 5.41) is 0. The van der Waals surface area contributed by atoms with E-state index in [9.17, 15) is 0 Å². The maximum atomic E-state index is 6.91. The van der Waals surface area contributed by atoms with E-state index in [0.29, 0.717) is 34.5 Å². The first kappa shape index (κ1) is 33.1. The zero-order valence-corrected chi connectivity index (χ0v) is 30.1. The van der Waals surface area contributed by atoms with Crippen molar-refractivity contribution in [1.82, 2.24) is 24.9 Å². The second kappa shape index (κ2) is 14.4. The first-order valence-corrected chi connectivity index (χ1v) is 18.5. The maximum absolute atomic E-state index is 6.91. The van der Waals surface area contributed by atoms with Crippen LogP contribution in [0, 0.1) is 0 Å². The number of nitrogens with zero attached hydrogens (tertiary/aromatic N) is 5. The Morgan fingerprint density at radius 2 is 0.839 bits per heavy atom. The van der Waals surface area contributed by atoms with Crippen molar-refractivity contribution in [3.05, 3.63) is 189 Å². The Kier molecular flexibility index (Phi) is 8.50. The largest absolute Gasteiger partial charge is 0.478 e. The van der Waals surface area contributed by atoms with Crippen molar-refractivity contribution in [2.75, 3.05) is 0 Å². The smallest absolute Gasteiger partial charge is 0.174 e. The molecule has 7 nitrogen and oxygen atoms in total. The van der Waals surface area contributed by atoms with Crippen molar-refractivity contribution in [2.24, 2.45) is 0 Å². The molecule has 10 rings (SSSR count). The molecule has 5 aromatic carbocycles. The molecule has 0 radical (unpaired) electrons. The molecule has 2 unspecified atom stereocenters. The van der Waals surface area contributed by atoms with Crippen LogP contribution in [0.3, 0.4) is 0 Å². The highest BCUT2D eigenvalue weighted by molar-refractivity contribution is 5.87. The third-order valence-corrected chi connectivity index (χ3v) is 10.0. The normalized spacial score (nSPS) is 15.3. The first-order chi connectivity index (χ1) is 27.7. The van der Waals surface area contributed by atoms with Crippen LogP contribution in [0.15, 0.2) is 189 Å². The minimum Gasteiger partial charge on any atom is -0.478 e. The molecule has 0 spiro atoms. The van der Waals surface area contributed by atoms with Crippen molar-refractivity contribution < 1.29 is 9.47 Å². The lowest BCUT2D eigenvalue weighted by molar-refractivity contribution is 0.0769. The summed E-state index contributed by atoms with van der Waals surface area (Å²) in [4.78, 5) is 24.1. The molecule has 1 aliphatic heterocycles. The van der Waals surface area contributed by atoms with E-state index in [0.717, 1.165) is 55.6 Å². The Morgan fingerprint density at radius 1 is 0.357 bits per heavy atom. The van der Waals surface area contributed by atoms with Crippen molar-refractivity contribution >= 4 is 0 Å². The van der Waals surface area contributed by atoms with Gasteiger partial charge in [-0.3, -0.25) is 9.97 Å². The van der Waals surface area contributed by atoms with E-state index < -0.39 is 0 Å². The average molecular weight is 724 g/mol. The van der Waals surface area contributed by atoms with E-state index in [-0.39, 0.29) is 12.2 Å². The second-order valence-electron chi connectivity index (χ2n) is 13.7. The van der Waals surface area contributed by atoms with Gasteiger partial charge in [-0.15, -0.1) is 0 Å². The lowest BCUT2D eigenvalue weighted by Gasteiger charge is -2.34. The van der Waals surface area contributed by atoms with Crippen LogP contribution in [0.25, 0.3) is 78.7 Å². The fourth-order valence-corrected chi connectivity index (χ4v) is 7.24. The number of benzene rings is 5. The van der Waals surface area contributed by atoms with E-state index in [4.69, 9.17) is 24.4 Å². The van der Waals surface area contributed by atoms with Gasteiger partial charge in [0.15, 0.2) is 41.2 Å². The molecule has 266 valence electrons. The van der Waals surface area contributed by atoms with Gasteiger partial charge in [-0.05, 0) is 88.5 Å². The Labute approximate surface area is 324 Å². The van der Waals surface area contributed by atoms with Crippen LogP contribution < -0.4 is 9.47 Å². The number of aromatic nitrogens is 5. The molecule has 0 amide bonds. The molecule has 3 aromatic heterocycles. The van der Waals surface area contributed by atoms with Gasteiger partial charge >= 0.3 is 0 Å². The number of allylic oxidation sites excluding steroid dienone is 2. The summed E-state index contributed by atoms with van der Waals surface area (Å²) in [6.45, 7) is 0. The number of ether oxygens (including phenoxy) is 2. The van der Waals surface area contributed by atoms with E-state index in [1.54, 1.807) is 12.4 Å². The minimum atomic E-state index is -0.327. The molecule has 0 N–H and O–H groups in total. The Hall–Kier alpha value is -7.51. The van der Waals surface area contributed by atoms with Gasteiger partial charge in [0.05, 0.1) is 5.56 Å². The molecule has 0 fully saturated rings. The zero-order chi connectivity index (χ0) is 37.3. The standard InChI is InChI=1S/C49H33N5O2/c1-3-12-32(13-4-1)34-16-9-17-35(26-34)48-52-47(33-14-5-2-6-15-33)53-49(54-48)42-23-22-41(45-46(42)56-44-21-8-7-20-43(44)55-45)40-28-38(36-18-10-24-50-30-36)27-39(29-40)37-19-11-25-51-31-37/h1-31,43-44H. The van der Waals surface area contributed by atoms with Crippen LogP contribution in [0.5, 0.6) is 11.5 Å². The van der Waals surface area contributed by atoms with E-state index in [2.05, 4.69) is 70.6 Å². The third kappa shape index (κ3) is 6.41. The minimum absolute atomic E-state index is 0.310. The highest BCUT2D eigenvalue weighted by atomic mass is 16.6. The van der Waals surface area contributed by atoms with Crippen LogP contribution in [-0.4, -0.2) is 37.1 Å². The molecule has 4 heterocycles. The molecule has 0 saturated heterocycles. The fourth-order valence-electron chi connectivity index (χ4n) is 7.24. The van der Waals surface area contributed by atoms with E-state index in [1.165, 1.54) is 0 Å². The average Bonchev–Trinajstić information content (AvgIpc) is 3.29. The SMILES string of the molecule is C1=CC2Oc3c(-c4cc(-c5cccnc5)cc(-c5cccnc5)c4)ccc(-c4nc(-c5ccccc5)nc(-c5cccc(-c6ccccc6)c5)n4)c3OC2C=C1. The van der Waals surface area contributed by atoms with Crippen LogP contribution in [-0.2, 0) is 0 Å². The molecule has 2 aliphatic rings. The quantitative estimate of drug-likeness (QED) is 0.162. The predicted octanol–water partition coefficient (Wildman–Crippen LogP) is 11.0. The van der Waals surface area contributed by atoms with Gasteiger partial charge in [-0.25, -0.2) is 15.0 Å². The first-order valence-electron chi connectivity index (χ1n) is 18.5. The topological polar surface area (TPSA) is 82.9 Å². The number of hydrogen-bond acceptors (Lipinski definition) is 7. The van der Waals surface area contributed by atoms with Gasteiger partial charge in [0.25, 0.3) is 0 Å². The van der Waals surface area contributed by atoms with Gasteiger partial charge in [0, 0.05) is 52.6 Å². The van der Waals surface area contributed by atoms with E-state index >= 15 is 0 Å². The Morgan fingerprint density at radius 3 is 1.46 bits per heavy atom. The number of hydrogen-bond donors (Lipinski definition) is 0. The lowest BCUT2D eigenvalue weighted by atomic mass is 9.92. The van der Waals surface area contributed by atoms with Crippen LogP contribution in [0.2, 0.25) is 0 Å². The van der Waals surface area contributed by atoms with Crippen molar-refractivity contribution in [2.45, 2.75) is 12.2 Å². The second-order valence-corrected chi connectivity index (χ2v) is 13.7. The monoisotopic (exact) mass is 723 g/mol. The molecule has 7 heteroatoms. The number of rotatable bonds is 7. The fraction of sp³-hybridized carbons (Fsp3) is 0.0408. The summed E-state index contributed by atoms with van der Waals surface area (Å²) >= 11 is 0. The number of fused-ring (bicyclic) bond motifs is 2. The summed E-state index contributed by atoms with van der Waals surface area (Å²) in [5.41, 5.74) is 10.6. The maximum Gasteiger partial charge on any atom is 0.174 e. The molecule has 0 saturated carbocycles. The molecule has 1 aliphatic carbocycles. The summed E-state index contributed by atoms with van der Waals surface area (Å²) in [6.07, 6.45) is 14.7. The summed E-state index contributed by atoms with van der Waals surface area (Å²) < 4.78 is 13.8. The van der Waals surface area contributed by atoms with Gasteiger partial charge in [0.1, 0.15) is 0 Å². The lowest BCUT2D eigenvalue weighted by Crippen LogP contribution is -2.38. The van der Waals surface area contributed by atoms with Crippen LogP contribution in [0.1, 0.15) is 0 Å². The third-order valence-electron chi connectivity index (χ3n) is 10.0. The summed E-state index contributed by atoms with van der Waals surface area (Å²) in [7, 11) is 0. The molecule has 56 heavy (non-hydrogen) atoms. The highest BCUT2D eigenvalue weighted by Crippen LogP contribution is 2.49. The van der Waals surface area contributed by atoms with Gasteiger partial charge in [0.2, 0.25) is 0 Å². The van der Waals surface area contributed by atoms with Crippen LogP contribution in [0.4, 0.5) is 0 Å². The van der Waals surface area contributed by atoms with E-state index in [1.807, 2.05) is 116 Å². The molecular formula is C49H33N5O2.